The van der Waals surface area contributed by atoms with Crippen LogP contribution in [0.2, 0.25) is 0 Å². The molecular weight excluding hydrogens is 218 g/mol. The Balaban J connectivity index is 1.95. The van der Waals surface area contributed by atoms with Crippen molar-refractivity contribution in [2.45, 2.75) is 45.7 Å². The van der Waals surface area contributed by atoms with Crippen LogP contribution in [0.1, 0.15) is 38.7 Å². The molecule has 0 fully saturated rings. The van der Waals surface area contributed by atoms with E-state index in [9.17, 15) is 0 Å². The topological polar surface area (TPSA) is 12.0 Å². The number of fused-ring (bicyclic) bond motifs is 1. The normalized spacial score (nSPS) is 12.8. The minimum atomic E-state index is 0.608. The van der Waals surface area contributed by atoms with Gasteiger partial charge in [-0.25, -0.2) is 0 Å². The van der Waals surface area contributed by atoms with Gasteiger partial charge < -0.3 is 5.32 Å². The number of hydrogen-bond acceptors (Lipinski definition) is 1. The molecule has 96 valence electrons. The molecule has 0 saturated carbocycles. The number of rotatable bonds is 6. The molecule has 0 bridgehead atoms. The van der Waals surface area contributed by atoms with Crippen LogP contribution in [-0.2, 0) is 6.54 Å². The Morgan fingerprint density at radius 2 is 1.83 bits per heavy atom. The first-order valence-corrected chi connectivity index (χ1v) is 7.00. The summed E-state index contributed by atoms with van der Waals surface area (Å²) in [6.07, 6.45) is 3.86. The van der Waals surface area contributed by atoms with Gasteiger partial charge in [0.1, 0.15) is 0 Å². The van der Waals surface area contributed by atoms with E-state index in [2.05, 4.69) is 61.6 Å². The van der Waals surface area contributed by atoms with Crippen molar-refractivity contribution in [2.75, 3.05) is 0 Å². The fourth-order valence-corrected chi connectivity index (χ4v) is 2.25. The van der Waals surface area contributed by atoms with Crippen LogP contribution in [0.4, 0.5) is 0 Å². The first-order valence-electron chi connectivity index (χ1n) is 7.00. The Bertz CT molecular complexity index is 490. The molecule has 0 amide bonds. The van der Waals surface area contributed by atoms with E-state index in [4.69, 9.17) is 0 Å². The number of hydrogen-bond donors (Lipinski definition) is 1. The number of benzene rings is 2. The van der Waals surface area contributed by atoms with Crippen molar-refractivity contribution in [1.29, 1.82) is 0 Å². The summed E-state index contributed by atoms with van der Waals surface area (Å²) >= 11 is 0. The first-order chi connectivity index (χ1) is 8.79. The van der Waals surface area contributed by atoms with Crippen LogP contribution in [0, 0.1) is 0 Å². The molecule has 2 aromatic rings. The van der Waals surface area contributed by atoms with Crippen LogP contribution in [-0.4, -0.2) is 6.04 Å². The third kappa shape index (κ3) is 3.58. The van der Waals surface area contributed by atoms with E-state index in [-0.39, 0.29) is 0 Å². The van der Waals surface area contributed by atoms with Crippen molar-refractivity contribution in [3.05, 3.63) is 48.0 Å². The van der Waals surface area contributed by atoms with Gasteiger partial charge in [-0.3, -0.25) is 0 Å². The Hall–Kier alpha value is -1.34. The maximum Gasteiger partial charge on any atom is 0.0208 e. The smallest absolute Gasteiger partial charge is 0.0208 e. The second-order valence-corrected chi connectivity index (χ2v) is 5.11. The lowest BCUT2D eigenvalue weighted by Gasteiger charge is -2.13. The third-order valence-electron chi connectivity index (χ3n) is 3.46. The van der Waals surface area contributed by atoms with Crippen molar-refractivity contribution < 1.29 is 0 Å². The highest BCUT2D eigenvalue weighted by Gasteiger charge is 2.01. The Labute approximate surface area is 110 Å². The Morgan fingerprint density at radius 1 is 1.06 bits per heavy atom. The molecular formula is C17H23N. The van der Waals surface area contributed by atoms with Crippen molar-refractivity contribution in [2.24, 2.45) is 0 Å². The molecule has 0 aromatic heterocycles. The summed E-state index contributed by atoms with van der Waals surface area (Å²) in [5.41, 5.74) is 1.37. The molecule has 2 aromatic carbocycles. The van der Waals surface area contributed by atoms with E-state index in [0.29, 0.717) is 6.04 Å². The van der Waals surface area contributed by atoms with Gasteiger partial charge in [-0.15, -0.1) is 0 Å². The first kappa shape index (κ1) is 13.1. The van der Waals surface area contributed by atoms with Crippen LogP contribution in [0.15, 0.2) is 42.5 Å². The summed E-state index contributed by atoms with van der Waals surface area (Å²) in [6.45, 7) is 5.49. The molecule has 0 spiro atoms. The quantitative estimate of drug-likeness (QED) is 0.784. The van der Waals surface area contributed by atoms with Crippen LogP contribution in [0.5, 0.6) is 0 Å². The minimum absolute atomic E-state index is 0.608. The SMILES string of the molecule is CCCCC(C)NCc1ccc2ccccc2c1. The third-order valence-corrected chi connectivity index (χ3v) is 3.46. The lowest BCUT2D eigenvalue weighted by molar-refractivity contribution is 0.495. The van der Waals surface area contributed by atoms with Crippen LogP contribution < -0.4 is 5.32 Å². The van der Waals surface area contributed by atoms with E-state index >= 15 is 0 Å². The Kier molecular flexibility index (Phi) is 4.77. The van der Waals surface area contributed by atoms with Crippen molar-refractivity contribution in [3.8, 4) is 0 Å². The molecule has 0 aliphatic carbocycles. The molecule has 1 atom stereocenters. The van der Waals surface area contributed by atoms with Gasteiger partial charge in [0.25, 0.3) is 0 Å². The van der Waals surface area contributed by atoms with E-state index in [1.54, 1.807) is 0 Å². The van der Waals surface area contributed by atoms with Gasteiger partial charge in [0.05, 0.1) is 0 Å². The summed E-state index contributed by atoms with van der Waals surface area (Å²) in [5.74, 6) is 0. The van der Waals surface area contributed by atoms with E-state index in [1.165, 1.54) is 35.6 Å². The van der Waals surface area contributed by atoms with E-state index in [1.807, 2.05) is 0 Å². The molecule has 1 N–H and O–H groups in total. The number of unbranched alkanes of at least 4 members (excludes halogenated alkanes) is 1. The van der Waals surface area contributed by atoms with Gasteiger partial charge in [-0.2, -0.15) is 0 Å². The van der Waals surface area contributed by atoms with Gasteiger partial charge in [0.15, 0.2) is 0 Å². The second kappa shape index (κ2) is 6.55. The van der Waals surface area contributed by atoms with E-state index < -0.39 is 0 Å². The lowest BCUT2D eigenvalue weighted by Crippen LogP contribution is -2.25. The largest absolute Gasteiger partial charge is 0.310 e. The van der Waals surface area contributed by atoms with Crippen molar-refractivity contribution in [3.63, 3.8) is 0 Å². The van der Waals surface area contributed by atoms with Gasteiger partial charge in [-0.1, -0.05) is 56.2 Å². The van der Waals surface area contributed by atoms with Crippen LogP contribution >= 0.6 is 0 Å². The molecule has 1 heteroatoms. The van der Waals surface area contributed by atoms with Crippen LogP contribution in [0.3, 0.4) is 0 Å². The molecule has 0 aliphatic rings. The lowest BCUT2D eigenvalue weighted by atomic mass is 10.1. The fourth-order valence-electron chi connectivity index (χ4n) is 2.25. The zero-order valence-electron chi connectivity index (χ0n) is 11.4. The average molecular weight is 241 g/mol. The monoisotopic (exact) mass is 241 g/mol. The summed E-state index contributed by atoms with van der Waals surface area (Å²) in [7, 11) is 0. The highest BCUT2D eigenvalue weighted by Crippen LogP contribution is 2.15. The molecule has 18 heavy (non-hydrogen) atoms. The van der Waals surface area contributed by atoms with Gasteiger partial charge in [0, 0.05) is 12.6 Å². The summed E-state index contributed by atoms with van der Waals surface area (Å²) in [6, 6.07) is 15.9. The van der Waals surface area contributed by atoms with Gasteiger partial charge in [0.2, 0.25) is 0 Å². The predicted molar refractivity (Wildman–Crippen MR) is 79.8 cm³/mol. The molecule has 1 unspecified atom stereocenters. The molecule has 0 heterocycles. The van der Waals surface area contributed by atoms with E-state index in [0.717, 1.165) is 6.54 Å². The van der Waals surface area contributed by atoms with Crippen molar-refractivity contribution >= 4 is 10.8 Å². The molecule has 2 rings (SSSR count). The maximum absolute atomic E-state index is 3.60. The number of nitrogens with one attached hydrogen (secondary N) is 1. The molecule has 0 aliphatic heterocycles. The molecule has 0 saturated heterocycles. The second-order valence-electron chi connectivity index (χ2n) is 5.11. The highest BCUT2D eigenvalue weighted by atomic mass is 14.9. The van der Waals surface area contributed by atoms with Crippen molar-refractivity contribution in [1.82, 2.24) is 5.32 Å². The fraction of sp³-hybridized carbons (Fsp3) is 0.412. The molecule has 1 nitrogen and oxygen atoms in total. The average Bonchev–Trinajstić information content (AvgIpc) is 2.42. The Morgan fingerprint density at radius 3 is 2.61 bits per heavy atom. The maximum atomic E-state index is 3.60. The zero-order valence-corrected chi connectivity index (χ0v) is 11.4. The van der Waals surface area contributed by atoms with Crippen LogP contribution in [0.25, 0.3) is 10.8 Å². The van der Waals surface area contributed by atoms with Gasteiger partial charge >= 0.3 is 0 Å². The molecule has 0 radical (unpaired) electrons. The summed E-state index contributed by atoms with van der Waals surface area (Å²) in [5, 5.41) is 6.25. The standard InChI is InChI=1S/C17H23N/c1-3-4-7-14(2)18-13-15-10-11-16-8-5-6-9-17(16)12-15/h5-6,8-12,14,18H,3-4,7,13H2,1-2H3. The minimum Gasteiger partial charge on any atom is -0.310 e. The van der Waals surface area contributed by atoms with Gasteiger partial charge in [-0.05, 0) is 35.7 Å². The predicted octanol–water partition coefficient (Wildman–Crippen LogP) is 4.51. The zero-order chi connectivity index (χ0) is 12.8. The summed E-state index contributed by atoms with van der Waals surface area (Å²) in [4.78, 5) is 0. The highest BCUT2D eigenvalue weighted by molar-refractivity contribution is 5.82. The summed E-state index contributed by atoms with van der Waals surface area (Å²) < 4.78 is 0.